The Morgan fingerprint density at radius 1 is 1.14 bits per heavy atom. The molecule has 0 saturated carbocycles. The monoisotopic (exact) mass is 290 g/mol. The predicted molar refractivity (Wildman–Crippen MR) is 88.2 cm³/mol. The molecule has 0 aromatic carbocycles. The standard InChI is InChI=1S/C18H30N2O/c1-15-7-5-9-18(2,3)17(15)16(8-14-21)20-11-6-10-19(4)12-13-20/h8,14H,5-7,9-13H2,1-4H3. The molecule has 1 saturated heterocycles. The van der Waals surface area contributed by atoms with Gasteiger partial charge >= 0.3 is 0 Å². The summed E-state index contributed by atoms with van der Waals surface area (Å²) in [7, 11) is 2.18. The van der Waals surface area contributed by atoms with E-state index in [1.165, 1.54) is 42.5 Å². The Morgan fingerprint density at radius 3 is 2.57 bits per heavy atom. The Morgan fingerprint density at radius 2 is 1.90 bits per heavy atom. The van der Waals surface area contributed by atoms with Crippen molar-refractivity contribution < 1.29 is 4.79 Å². The van der Waals surface area contributed by atoms with E-state index in [1.54, 1.807) is 6.08 Å². The Labute approximate surface area is 129 Å². The van der Waals surface area contributed by atoms with Gasteiger partial charge in [-0.1, -0.05) is 19.4 Å². The van der Waals surface area contributed by atoms with Gasteiger partial charge in [-0.2, -0.15) is 0 Å². The van der Waals surface area contributed by atoms with Gasteiger partial charge in [-0.3, -0.25) is 4.79 Å². The Balaban J connectivity index is 2.34. The van der Waals surface area contributed by atoms with Crippen molar-refractivity contribution in [3.63, 3.8) is 0 Å². The van der Waals surface area contributed by atoms with Crippen molar-refractivity contribution in [1.29, 1.82) is 0 Å². The highest BCUT2D eigenvalue weighted by Crippen LogP contribution is 2.44. The summed E-state index contributed by atoms with van der Waals surface area (Å²) in [6.45, 7) is 11.2. The van der Waals surface area contributed by atoms with Crippen LogP contribution in [0.2, 0.25) is 0 Å². The summed E-state index contributed by atoms with van der Waals surface area (Å²) >= 11 is 0. The van der Waals surface area contributed by atoms with E-state index in [9.17, 15) is 4.79 Å². The van der Waals surface area contributed by atoms with Crippen LogP contribution in [0.15, 0.2) is 22.9 Å². The molecule has 0 unspecified atom stereocenters. The maximum atomic E-state index is 11.2. The molecule has 1 aliphatic carbocycles. The topological polar surface area (TPSA) is 23.6 Å². The molecule has 3 nitrogen and oxygen atoms in total. The lowest BCUT2D eigenvalue weighted by molar-refractivity contribution is -0.104. The van der Waals surface area contributed by atoms with E-state index in [0.717, 1.165) is 32.5 Å². The summed E-state index contributed by atoms with van der Waals surface area (Å²) in [5.41, 5.74) is 4.25. The third kappa shape index (κ3) is 3.76. The largest absolute Gasteiger partial charge is 0.370 e. The van der Waals surface area contributed by atoms with Crippen molar-refractivity contribution in [2.24, 2.45) is 5.41 Å². The Kier molecular flexibility index (Phi) is 5.26. The minimum absolute atomic E-state index is 0.176. The summed E-state index contributed by atoms with van der Waals surface area (Å²) < 4.78 is 0. The number of hydrogen-bond acceptors (Lipinski definition) is 3. The first-order valence-electron chi connectivity index (χ1n) is 8.25. The van der Waals surface area contributed by atoms with Crippen molar-refractivity contribution in [3.8, 4) is 0 Å². The highest BCUT2D eigenvalue weighted by Gasteiger charge is 2.33. The van der Waals surface area contributed by atoms with Crippen molar-refractivity contribution in [1.82, 2.24) is 9.80 Å². The second-order valence-corrected chi connectivity index (χ2v) is 7.22. The number of nitrogens with zero attached hydrogens (tertiary/aromatic N) is 2. The quantitative estimate of drug-likeness (QED) is 0.589. The van der Waals surface area contributed by atoms with Crippen LogP contribution in [0.1, 0.15) is 46.5 Å². The molecule has 2 rings (SSSR count). The Hall–Kier alpha value is -1.09. The number of rotatable bonds is 3. The lowest BCUT2D eigenvalue weighted by atomic mass is 9.71. The number of carbonyl (C=O) groups is 1. The average Bonchev–Trinajstić information content (AvgIpc) is 2.61. The maximum Gasteiger partial charge on any atom is 0.144 e. The number of carbonyl (C=O) groups excluding carboxylic acids is 1. The van der Waals surface area contributed by atoms with Gasteiger partial charge in [-0.15, -0.1) is 0 Å². The molecule has 0 spiro atoms. The van der Waals surface area contributed by atoms with E-state index < -0.39 is 0 Å². The first kappa shape index (κ1) is 16.3. The van der Waals surface area contributed by atoms with Crippen LogP contribution >= 0.6 is 0 Å². The van der Waals surface area contributed by atoms with Gasteiger partial charge in [0, 0.05) is 31.4 Å². The second kappa shape index (κ2) is 6.78. The van der Waals surface area contributed by atoms with Gasteiger partial charge in [0.2, 0.25) is 0 Å². The van der Waals surface area contributed by atoms with Crippen LogP contribution in [0.3, 0.4) is 0 Å². The zero-order valence-corrected chi connectivity index (χ0v) is 14.1. The van der Waals surface area contributed by atoms with Crippen molar-refractivity contribution >= 4 is 6.29 Å². The van der Waals surface area contributed by atoms with Crippen molar-refractivity contribution in [2.75, 3.05) is 33.2 Å². The van der Waals surface area contributed by atoms with E-state index in [-0.39, 0.29) is 5.41 Å². The first-order valence-corrected chi connectivity index (χ1v) is 8.25. The van der Waals surface area contributed by atoms with Gasteiger partial charge in [-0.05, 0) is 57.2 Å². The predicted octanol–water partition coefficient (Wildman–Crippen LogP) is 3.23. The number of allylic oxidation sites excluding steroid dienone is 3. The molecule has 21 heavy (non-hydrogen) atoms. The third-order valence-corrected chi connectivity index (χ3v) is 5.00. The lowest BCUT2D eigenvalue weighted by Crippen LogP contribution is -2.34. The zero-order valence-electron chi connectivity index (χ0n) is 14.1. The summed E-state index contributed by atoms with van der Waals surface area (Å²) in [5, 5.41) is 0. The normalized spacial score (nSPS) is 25.0. The molecule has 118 valence electrons. The summed E-state index contributed by atoms with van der Waals surface area (Å²) in [6, 6.07) is 0. The van der Waals surface area contributed by atoms with Crippen LogP contribution in [0.25, 0.3) is 0 Å². The molecule has 0 atom stereocenters. The zero-order chi connectivity index (χ0) is 15.5. The highest BCUT2D eigenvalue weighted by molar-refractivity contribution is 5.68. The number of aldehydes is 1. The van der Waals surface area contributed by atoms with Crippen LogP contribution in [0.4, 0.5) is 0 Å². The molecule has 0 aromatic rings. The van der Waals surface area contributed by atoms with Crippen LogP contribution < -0.4 is 0 Å². The minimum atomic E-state index is 0.176. The fourth-order valence-electron chi connectivity index (χ4n) is 3.89. The molecular weight excluding hydrogens is 260 g/mol. The van der Waals surface area contributed by atoms with Crippen molar-refractivity contribution in [3.05, 3.63) is 22.9 Å². The Bertz CT molecular complexity index is 448. The molecule has 0 amide bonds. The van der Waals surface area contributed by atoms with Crippen molar-refractivity contribution in [2.45, 2.75) is 46.5 Å². The molecule has 0 radical (unpaired) electrons. The molecule has 0 bridgehead atoms. The van der Waals surface area contributed by atoms with Gasteiger partial charge in [0.15, 0.2) is 0 Å². The summed E-state index contributed by atoms with van der Waals surface area (Å²) in [4.78, 5) is 16.0. The van der Waals surface area contributed by atoms with Crippen LogP contribution in [0.5, 0.6) is 0 Å². The molecule has 2 aliphatic rings. The van der Waals surface area contributed by atoms with Gasteiger partial charge in [-0.25, -0.2) is 0 Å². The van der Waals surface area contributed by atoms with E-state index in [4.69, 9.17) is 0 Å². The number of likely N-dealkylation sites (N-methyl/N-ethyl adjacent to an activating group) is 1. The molecule has 0 N–H and O–H groups in total. The third-order valence-electron chi connectivity index (χ3n) is 5.00. The number of hydrogen-bond donors (Lipinski definition) is 0. The van der Waals surface area contributed by atoms with Crippen LogP contribution in [-0.4, -0.2) is 49.3 Å². The van der Waals surface area contributed by atoms with Gasteiger partial charge in [0.25, 0.3) is 0 Å². The smallest absolute Gasteiger partial charge is 0.144 e. The summed E-state index contributed by atoms with van der Waals surface area (Å²) in [6.07, 6.45) is 7.58. The molecule has 1 aliphatic heterocycles. The van der Waals surface area contributed by atoms with E-state index in [2.05, 4.69) is 37.6 Å². The molecular formula is C18H30N2O. The van der Waals surface area contributed by atoms with Gasteiger partial charge in [0.05, 0.1) is 0 Å². The van der Waals surface area contributed by atoms with E-state index >= 15 is 0 Å². The van der Waals surface area contributed by atoms with Gasteiger partial charge < -0.3 is 9.80 Å². The summed E-state index contributed by atoms with van der Waals surface area (Å²) in [5.74, 6) is 0. The van der Waals surface area contributed by atoms with Crippen LogP contribution in [0, 0.1) is 5.41 Å². The van der Waals surface area contributed by atoms with Gasteiger partial charge in [0.1, 0.15) is 6.29 Å². The molecule has 0 aromatic heterocycles. The fourth-order valence-corrected chi connectivity index (χ4v) is 3.89. The average molecular weight is 290 g/mol. The minimum Gasteiger partial charge on any atom is -0.370 e. The van der Waals surface area contributed by atoms with E-state index in [1.807, 2.05) is 0 Å². The highest BCUT2D eigenvalue weighted by atomic mass is 16.1. The first-order chi connectivity index (χ1) is 9.95. The SMILES string of the molecule is CC1=C(C(=CC=O)N2CCCN(C)CC2)C(C)(C)CCC1. The maximum absolute atomic E-state index is 11.2. The molecule has 1 heterocycles. The second-order valence-electron chi connectivity index (χ2n) is 7.22. The van der Waals surface area contributed by atoms with E-state index in [0.29, 0.717) is 0 Å². The van der Waals surface area contributed by atoms with Crippen LogP contribution in [-0.2, 0) is 4.79 Å². The fraction of sp³-hybridized carbons (Fsp3) is 0.722. The molecule has 3 heteroatoms. The lowest BCUT2D eigenvalue weighted by Gasteiger charge is -2.39. The molecule has 1 fully saturated rings.